The molecule has 0 aromatic rings. The first-order chi connectivity index (χ1) is 6.42. The third-order valence-corrected chi connectivity index (χ3v) is 4.57. The fourth-order valence-corrected chi connectivity index (χ4v) is 2.80. The second kappa shape index (κ2) is 4.88. The first-order valence-electron chi connectivity index (χ1n) is 6.06. The molecule has 1 rings (SSSR count). The zero-order valence-corrected chi connectivity index (χ0v) is 10.9. The lowest BCUT2D eigenvalue weighted by atomic mass is 9.84. The molecule has 2 atom stereocenters. The first-order valence-corrected chi connectivity index (χ1v) is 6.50. The van der Waals surface area contributed by atoms with Gasteiger partial charge in [-0.15, -0.1) is 11.6 Å². The second-order valence-electron chi connectivity index (χ2n) is 6.04. The maximum Gasteiger partial charge on any atom is 0.0387 e. The molecular formula is C13H25Cl. The van der Waals surface area contributed by atoms with Gasteiger partial charge in [0.05, 0.1) is 0 Å². The Morgan fingerprint density at radius 2 is 1.79 bits per heavy atom. The van der Waals surface area contributed by atoms with Crippen LogP contribution in [0.5, 0.6) is 0 Å². The molecule has 1 aliphatic carbocycles. The van der Waals surface area contributed by atoms with Crippen LogP contribution in [0.25, 0.3) is 0 Å². The molecule has 0 aliphatic heterocycles. The fourth-order valence-electron chi connectivity index (χ4n) is 2.55. The summed E-state index contributed by atoms with van der Waals surface area (Å²) in [5, 5.41) is 0.393. The molecule has 1 aliphatic rings. The van der Waals surface area contributed by atoms with Gasteiger partial charge >= 0.3 is 0 Å². The van der Waals surface area contributed by atoms with Crippen LogP contribution in [0.4, 0.5) is 0 Å². The Balaban J connectivity index is 2.50. The summed E-state index contributed by atoms with van der Waals surface area (Å²) in [4.78, 5) is 0. The molecule has 0 heterocycles. The molecule has 84 valence electrons. The van der Waals surface area contributed by atoms with Crippen molar-refractivity contribution >= 4 is 11.6 Å². The molecule has 0 aromatic heterocycles. The summed E-state index contributed by atoms with van der Waals surface area (Å²) in [6.45, 7) is 9.28. The van der Waals surface area contributed by atoms with Crippen LogP contribution in [0, 0.1) is 17.3 Å². The molecule has 0 radical (unpaired) electrons. The Hall–Kier alpha value is 0.290. The predicted octanol–water partition coefficient (Wildman–Crippen LogP) is 4.86. The summed E-state index contributed by atoms with van der Waals surface area (Å²) in [6, 6.07) is 0. The van der Waals surface area contributed by atoms with Crippen LogP contribution in [-0.2, 0) is 0 Å². The lowest BCUT2D eigenvalue weighted by molar-refractivity contribution is 0.301. The van der Waals surface area contributed by atoms with E-state index in [9.17, 15) is 0 Å². The Morgan fingerprint density at radius 3 is 2.36 bits per heavy atom. The Kier molecular flexibility index (Phi) is 4.30. The van der Waals surface area contributed by atoms with Gasteiger partial charge in [-0.3, -0.25) is 0 Å². The van der Waals surface area contributed by atoms with Crippen molar-refractivity contribution < 1.29 is 0 Å². The summed E-state index contributed by atoms with van der Waals surface area (Å²) < 4.78 is 0. The number of hydrogen-bond acceptors (Lipinski definition) is 0. The Morgan fingerprint density at radius 1 is 1.14 bits per heavy atom. The van der Waals surface area contributed by atoms with E-state index in [4.69, 9.17) is 11.6 Å². The van der Waals surface area contributed by atoms with Crippen LogP contribution in [0.3, 0.4) is 0 Å². The topological polar surface area (TPSA) is 0 Å². The molecule has 14 heavy (non-hydrogen) atoms. The van der Waals surface area contributed by atoms with Crippen LogP contribution in [0.15, 0.2) is 0 Å². The highest BCUT2D eigenvalue weighted by molar-refractivity contribution is 6.20. The van der Waals surface area contributed by atoms with Crippen LogP contribution >= 0.6 is 11.6 Å². The molecule has 0 spiro atoms. The summed E-state index contributed by atoms with van der Waals surface area (Å²) >= 11 is 6.46. The summed E-state index contributed by atoms with van der Waals surface area (Å²) in [5.74, 6) is 1.39. The SMILES string of the molecule is CC(C)C(Cl)C1CCCC(C)(C)CC1. The molecule has 1 saturated carbocycles. The monoisotopic (exact) mass is 216 g/mol. The average Bonchev–Trinajstić information content (AvgIpc) is 2.25. The van der Waals surface area contributed by atoms with Crippen LogP contribution in [0.1, 0.15) is 59.8 Å². The van der Waals surface area contributed by atoms with Crippen molar-refractivity contribution in [3.05, 3.63) is 0 Å². The minimum atomic E-state index is 0.393. The van der Waals surface area contributed by atoms with Crippen LogP contribution in [0.2, 0.25) is 0 Å². The molecule has 0 N–H and O–H groups in total. The number of halogens is 1. The van der Waals surface area contributed by atoms with E-state index in [-0.39, 0.29) is 0 Å². The van der Waals surface area contributed by atoms with Gasteiger partial charge in [0.2, 0.25) is 0 Å². The van der Waals surface area contributed by atoms with Gasteiger partial charge in [0.15, 0.2) is 0 Å². The molecule has 0 bridgehead atoms. The quantitative estimate of drug-likeness (QED) is 0.457. The van der Waals surface area contributed by atoms with E-state index in [2.05, 4.69) is 27.7 Å². The Labute approximate surface area is 94.4 Å². The van der Waals surface area contributed by atoms with E-state index >= 15 is 0 Å². The summed E-state index contributed by atoms with van der Waals surface area (Å²) in [5.41, 5.74) is 0.558. The van der Waals surface area contributed by atoms with Gasteiger partial charge in [0, 0.05) is 5.38 Å². The molecule has 0 saturated heterocycles. The smallest absolute Gasteiger partial charge is 0.0387 e. The van der Waals surface area contributed by atoms with Crippen molar-refractivity contribution in [3.63, 3.8) is 0 Å². The molecule has 0 nitrogen and oxygen atoms in total. The molecule has 1 fully saturated rings. The fraction of sp³-hybridized carbons (Fsp3) is 1.00. The van der Waals surface area contributed by atoms with Gasteiger partial charge in [-0.1, -0.05) is 34.1 Å². The van der Waals surface area contributed by atoms with E-state index < -0.39 is 0 Å². The normalized spacial score (nSPS) is 30.0. The largest absolute Gasteiger partial charge is 0.122 e. The molecule has 0 amide bonds. The highest BCUT2D eigenvalue weighted by atomic mass is 35.5. The summed E-state index contributed by atoms with van der Waals surface area (Å²) in [7, 11) is 0. The van der Waals surface area contributed by atoms with E-state index in [0.29, 0.717) is 16.7 Å². The van der Waals surface area contributed by atoms with Gasteiger partial charge in [0.25, 0.3) is 0 Å². The van der Waals surface area contributed by atoms with Gasteiger partial charge in [-0.05, 0) is 42.9 Å². The van der Waals surface area contributed by atoms with Gasteiger partial charge in [-0.25, -0.2) is 0 Å². The van der Waals surface area contributed by atoms with Crippen molar-refractivity contribution in [2.45, 2.75) is 65.2 Å². The van der Waals surface area contributed by atoms with E-state index in [0.717, 1.165) is 5.92 Å². The average molecular weight is 217 g/mol. The zero-order valence-electron chi connectivity index (χ0n) is 10.1. The molecule has 0 aromatic carbocycles. The van der Waals surface area contributed by atoms with Gasteiger partial charge in [-0.2, -0.15) is 0 Å². The maximum atomic E-state index is 6.46. The maximum absolute atomic E-state index is 6.46. The first kappa shape index (κ1) is 12.4. The predicted molar refractivity (Wildman–Crippen MR) is 64.8 cm³/mol. The highest BCUT2D eigenvalue weighted by Gasteiger charge is 2.29. The number of hydrogen-bond donors (Lipinski definition) is 0. The zero-order chi connectivity index (χ0) is 10.8. The van der Waals surface area contributed by atoms with Crippen molar-refractivity contribution in [1.29, 1.82) is 0 Å². The Bertz CT molecular complexity index is 172. The van der Waals surface area contributed by atoms with E-state index in [1.807, 2.05) is 0 Å². The standard InChI is InChI=1S/C13H25Cl/c1-10(2)12(14)11-6-5-8-13(3,4)9-7-11/h10-12H,5-9H2,1-4H3. The van der Waals surface area contributed by atoms with Crippen molar-refractivity contribution in [3.8, 4) is 0 Å². The van der Waals surface area contributed by atoms with Crippen molar-refractivity contribution in [1.82, 2.24) is 0 Å². The lowest BCUT2D eigenvalue weighted by Gasteiger charge is -2.25. The molecule has 2 unspecified atom stereocenters. The number of rotatable bonds is 2. The highest BCUT2D eigenvalue weighted by Crippen LogP contribution is 2.39. The number of alkyl halides is 1. The summed E-state index contributed by atoms with van der Waals surface area (Å²) in [6.07, 6.45) is 6.78. The van der Waals surface area contributed by atoms with Crippen LogP contribution < -0.4 is 0 Å². The van der Waals surface area contributed by atoms with Crippen LogP contribution in [-0.4, -0.2) is 5.38 Å². The lowest BCUT2D eigenvalue weighted by Crippen LogP contribution is -2.20. The van der Waals surface area contributed by atoms with Gasteiger partial charge in [0.1, 0.15) is 0 Å². The third kappa shape index (κ3) is 3.46. The van der Waals surface area contributed by atoms with Crippen molar-refractivity contribution in [2.75, 3.05) is 0 Å². The molecule has 1 heteroatoms. The third-order valence-electron chi connectivity index (χ3n) is 3.71. The van der Waals surface area contributed by atoms with E-state index in [1.54, 1.807) is 0 Å². The molecular weight excluding hydrogens is 192 g/mol. The minimum absolute atomic E-state index is 0.393. The minimum Gasteiger partial charge on any atom is -0.122 e. The van der Waals surface area contributed by atoms with E-state index in [1.165, 1.54) is 32.1 Å². The second-order valence-corrected chi connectivity index (χ2v) is 6.55. The van der Waals surface area contributed by atoms with Gasteiger partial charge < -0.3 is 0 Å². The van der Waals surface area contributed by atoms with Crippen molar-refractivity contribution in [2.24, 2.45) is 17.3 Å².